The van der Waals surface area contributed by atoms with Crippen LogP contribution in [0.15, 0.2) is 12.4 Å². The SMILES string of the molecule is Cn1cc(CCC(=O)NC(CCO)C2CCCCC2)cn1. The molecule has 0 aliphatic heterocycles. The van der Waals surface area contributed by atoms with E-state index in [-0.39, 0.29) is 18.6 Å². The van der Waals surface area contributed by atoms with Crippen molar-refractivity contribution in [1.29, 1.82) is 0 Å². The fraction of sp³-hybridized carbons (Fsp3) is 0.750. The van der Waals surface area contributed by atoms with Crippen LogP contribution >= 0.6 is 0 Å². The van der Waals surface area contributed by atoms with Gasteiger partial charge in [0.15, 0.2) is 0 Å². The molecule has 0 saturated heterocycles. The van der Waals surface area contributed by atoms with Crippen LogP contribution in [0, 0.1) is 5.92 Å². The molecule has 1 aromatic rings. The smallest absolute Gasteiger partial charge is 0.220 e. The molecular weight excluding hydrogens is 266 g/mol. The van der Waals surface area contributed by atoms with Crippen molar-refractivity contribution < 1.29 is 9.90 Å². The van der Waals surface area contributed by atoms with Crippen LogP contribution in [0.5, 0.6) is 0 Å². The second-order valence-electron chi connectivity index (χ2n) is 6.11. The lowest BCUT2D eigenvalue weighted by atomic mass is 9.82. The Balaban J connectivity index is 1.79. The standard InChI is InChI=1S/C16H27N3O2/c1-19-12-13(11-17-19)7-8-16(21)18-15(9-10-20)14-5-3-2-4-6-14/h11-12,14-15,20H,2-10H2,1H3,(H,18,21). The Morgan fingerprint density at radius 3 is 2.86 bits per heavy atom. The summed E-state index contributed by atoms with van der Waals surface area (Å²) in [6.45, 7) is 0.143. The minimum absolute atomic E-state index is 0.0860. The Hall–Kier alpha value is -1.36. The molecule has 1 unspecified atom stereocenters. The van der Waals surface area contributed by atoms with E-state index in [1.807, 2.05) is 13.2 Å². The fourth-order valence-electron chi connectivity index (χ4n) is 3.24. The van der Waals surface area contributed by atoms with Crippen LogP contribution in [0.2, 0.25) is 0 Å². The Labute approximate surface area is 126 Å². The van der Waals surface area contributed by atoms with Crippen molar-refractivity contribution in [3.63, 3.8) is 0 Å². The quantitative estimate of drug-likeness (QED) is 0.805. The van der Waals surface area contributed by atoms with Crippen LogP contribution < -0.4 is 5.32 Å². The Bertz CT molecular complexity index is 438. The zero-order valence-corrected chi connectivity index (χ0v) is 12.9. The Kier molecular flexibility index (Phi) is 6.23. The highest BCUT2D eigenvalue weighted by atomic mass is 16.3. The molecule has 1 fully saturated rings. The lowest BCUT2D eigenvalue weighted by molar-refractivity contribution is -0.122. The molecule has 1 saturated carbocycles. The summed E-state index contributed by atoms with van der Waals surface area (Å²) >= 11 is 0. The van der Waals surface area contributed by atoms with Crippen LogP contribution in [-0.2, 0) is 18.3 Å². The molecule has 1 amide bonds. The van der Waals surface area contributed by atoms with Crippen LogP contribution in [0.3, 0.4) is 0 Å². The average molecular weight is 293 g/mol. The number of nitrogens with one attached hydrogen (secondary N) is 1. The third-order valence-corrected chi connectivity index (χ3v) is 4.40. The summed E-state index contributed by atoms with van der Waals surface area (Å²) in [6.07, 6.45) is 11.8. The summed E-state index contributed by atoms with van der Waals surface area (Å²) in [5.74, 6) is 0.621. The highest BCUT2D eigenvalue weighted by Crippen LogP contribution is 2.27. The molecule has 2 rings (SSSR count). The van der Waals surface area contributed by atoms with E-state index in [9.17, 15) is 9.90 Å². The summed E-state index contributed by atoms with van der Waals surface area (Å²) in [4.78, 5) is 12.1. The number of amides is 1. The third kappa shape index (κ3) is 5.16. The van der Waals surface area contributed by atoms with Gasteiger partial charge in [0, 0.05) is 32.3 Å². The predicted molar refractivity (Wildman–Crippen MR) is 81.7 cm³/mol. The van der Waals surface area contributed by atoms with E-state index in [2.05, 4.69) is 10.4 Å². The maximum Gasteiger partial charge on any atom is 0.220 e. The monoisotopic (exact) mass is 293 g/mol. The van der Waals surface area contributed by atoms with Crippen molar-refractivity contribution in [2.75, 3.05) is 6.61 Å². The second-order valence-corrected chi connectivity index (χ2v) is 6.11. The molecule has 118 valence electrons. The molecule has 1 aliphatic carbocycles. The molecule has 1 atom stereocenters. The number of nitrogens with zero attached hydrogens (tertiary/aromatic N) is 2. The molecule has 0 spiro atoms. The Morgan fingerprint density at radius 1 is 1.48 bits per heavy atom. The zero-order chi connectivity index (χ0) is 15.1. The summed E-state index contributed by atoms with van der Waals surface area (Å²) in [5, 5.41) is 16.5. The average Bonchev–Trinajstić information content (AvgIpc) is 2.91. The summed E-state index contributed by atoms with van der Waals surface area (Å²) in [6, 6.07) is 0.136. The van der Waals surface area contributed by atoms with Crippen molar-refractivity contribution in [2.45, 2.75) is 57.4 Å². The minimum Gasteiger partial charge on any atom is -0.396 e. The first-order chi connectivity index (χ1) is 10.2. The number of rotatable bonds is 7. The van der Waals surface area contributed by atoms with Crippen molar-refractivity contribution in [3.05, 3.63) is 18.0 Å². The predicted octanol–water partition coefficient (Wildman–Crippen LogP) is 1.80. The number of carbonyl (C=O) groups is 1. The number of aryl methyl sites for hydroxylation is 2. The van der Waals surface area contributed by atoms with Crippen LogP contribution in [0.1, 0.15) is 50.5 Å². The first-order valence-electron chi connectivity index (χ1n) is 8.07. The van der Waals surface area contributed by atoms with Gasteiger partial charge in [-0.1, -0.05) is 19.3 Å². The molecule has 5 nitrogen and oxygen atoms in total. The molecule has 0 bridgehead atoms. The second kappa shape index (κ2) is 8.17. The van der Waals surface area contributed by atoms with Gasteiger partial charge in [-0.2, -0.15) is 5.10 Å². The zero-order valence-electron chi connectivity index (χ0n) is 12.9. The van der Waals surface area contributed by atoms with E-state index in [0.29, 0.717) is 18.8 Å². The van der Waals surface area contributed by atoms with Crippen molar-refractivity contribution >= 4 is 5.91 Å². The van der Waals surface area contributed by atoms with Gasteiger partial charge in [-0.05, 0) is 37.2 Å². The van der Waals surface area contributed by atoms with E-state index in [0.717, 1.165) is 12.0 Å². The number of hydrogen-bond donors (Lipinski definition) is 2. The number of aliphatic hydroxyl groups excluding tert-OH is 1. The number of aromatic nitrogens is 2. The first kappa shape index (κ1) is 16.0. The minimum atomic E-state index is 0.0860. The van der Waals surface area contributed by atoms with Gasteiger partial charge >= 0.3 is 0 Å². The molecule has 5 heteroatoms. The highest BCUT2D eigenvalue weighted by molar-refractivity contribution is 5.76. The van der Waals surface area contributed by atoms with E-state index in [4.69, 9.17) is 0 Å². The molecule has 21 heavy (non-hydrogen) atoms. The first-order valence-corrected chi connectivity index (χ1v) is 8.07. The molecular formula is C16H27N3O2. The maximum absolute atomic E-state index is 12.1. The molecule has 1 aliphatic rings. The third-order valence-electron chi connectivity index (χ3n) is 4.40. The molecule has 1 heterocycles. The van der Waals surface area contributed by atoms with Gasteiger partial charge in [0.25, 0.3) is 0 Å². The fourth-order valence-corrected chi connectivity index (χ4v) is 3.24. The van der Waals surface area contributed by atoms with Crippen molar-refractivity contribution in [1.82, 2.24) is 15.1 Å². The van der Waals surface area contributed by atoms with Crippen molar-refractivity contribution in [3.8, 4) is 0 Å². The van der Waals surface area contributed by atoms with Crippen LogP contribution in [0.4, 0.5) is 0 Å². The molecule has 0 aromatic carbocycles. The van der Waals surface area contributed by atoms with E-state index >= 15 is 0 Å². The van der Waals surface area contributed by atoms with Gasteiger partial charge in [-0.25, -0.2) is 0 Å². The largest absolute Gasteiger partial charge is 0.396 e. The van der Waals surface area contributed by atoms with Gasteiger partial charge in [0.2, 0.25) is 5.91 Å². The maximum atomic E-state index is 12.1. The lowest BCUT2D eigenvalue weighted by Crippen LogP contribution is -2.41. The topological polar surface area (TPSA) is 67.2 Å². The van der Waals surface area contributed by atoms with Crippen molar-refractivity contribution in [2.24, 2.45) is 13.0 Å². The van der Waals surface area contributed by atoms with E-state index < -0.39 is 0 Å². The summed E-state index contributed by atoms with van der Waals surface area (Å²) in [5.41, 5.74) is 1.09. The highest BCUT2D eigenvalue weighted by Gasteiger charge is 2.24. The number of hydrogen-bond acceptors (Lipinski definition) is 3. The lowest BCUT2D eigenvalue weighted by Gasteiger charge is -2.30. The molecule has 1 aromatic heterocycles. The summed E-state index contributed by atoms with van der Waals surface area (Å²) < 4.78 is 1.75. The normalized spacial score (nSPS) is 17.6. The van der Waals surface area contributed by atoms with E-state index in [1.54, 1.807) is 10.9 Å². The van der Waals surface area contributed by atoms with Gasteiger partial charge in [-0.3, -0.25) is 9.48 Å². The summed E-state index contributed by atoms with van der Waals surface area (Å²) in [7, 11) is 1.88. The number of aliphatic hydroxyl groups is 1. The molecule has 2 N–H and O–H groups in total. The van der Waals surface area contributed by atoms with Gasteiger partial charge in [0.1, 0.15) is 0 Å². The van der Waals surface area contributed by atoms with Gasteiger partial charge < -0.3 is 10.4 Å². The number of carbonyl (C=O) groups excluding carboxylic acids is 1. The van der Waals surface area contributed by atoms with E-state index in [1.165, 1.54) is 32.1 Å². The van der Waals surface area contributed by atoms with Gasteiger partial charge in [-0.15, -0.1) is 0 Å². The van der Waals surface area contributed by atoms with Gasteiger partial charge in [0.05, 0.1) is 6.20 Å². The molecule has 0 radical (unpaired) electrons. The van der Waals surface area contributed by atoms with Crippen LogP contribution in [0.25, 0.3) is 0 Å². The Morgan fingerprint density at radius 2 is 2.24 bits per heavy atom. The van der Waals surface area contributed by atoms with Crippen LogP contribution in [-0.4, -0.2) is 33.4 Å².